The Morgan fingerprint density at radius 1 is 1.13 bits per heavy atom. The average molecular weight is 449 g/mol. The molecule has 2 aromatic rings. The number of nitrogens with one attached hydrogen (secondary N) is 1. The number of anilines is 2. The molecule has 0 fully saturated rings. The molecule has 1 N–H and O–H groups in total. The number of sulfonamides is 1. The molecule has 0 bridgehead atoms. The number of hydrogen-bond acceptors (Lipinski definition) is 6. The van der Waals surface area contributed by atoms with Crippen LogP contribution in [-0.2, 0) is 34.0 Å². The Morgan fingerprint density at radius 3 is 2.63 bits per heavy atom. The average Bonchev–Trinajstić information content (AvgIpc) is 3.20. The molecule has 160 valence electrons. The van der Waals surface area contributed by atoms with E-state index in [1.54, 1.807) is 18.2 Å². The molecule has 9 heteroatoms. The smallest absolute Gasteiger partial charge is 0.341 e. The van der Waals surface area contributed by atoms with Crippen molar-refractivity contribution in [3.63, 3.8) is 0 Å². The summed E-state index contributed by atoms with van der Waals surface area (Å²) in [6, 6.07) is 5.02. The Bertz CT molecular complexity index is 1120. The van der Waals surface area contributed by atoms with Crippen LogP contribution < -0.4 is 9.62 Å². The maximum atomic E-state index is 12.9. The Balaban J connectivity index is 1.63. The molecule has 4 rings (SSSR count). The summed E-state index contributed by atoms with van der Waals surface area (Å²) in [6.45, 7) is 0.378. The van der Waals surface area contributed by atoms with E-state index in [-0.39, 0.29) is 5.91 Å². The van der Waals surface area contributed by atoms with Gasteiger partial charge in [0.1, 0.15) is 5.00 Å². The highest BCUT2D eigenvalue weighted by atomic mass is 32.2. The Morgan fingerprint density at radius 2 is 1.90 bits per heavy atom. The lowest BCUT2D eigenvalue weighted by atomic mass is 10.1. The minimum absolute atomic E-state index is 0.322. The number of benzene rings is 1. The van der Waals surface area contributed by atoms with Crippen LogP contribution in [0.25, 0.3) is 0 Å². The van der Waals surface area contributed by atoms with Crippen LogP contribution in [0, 0.1) is 0 Å². The number of hydrogen-bond donors (Lipinski definition) is 1. The second-order valence-electron chi connectivity index (χ2n) is 7.64. The van der Waals surface area contributed by atoms with Crippen molar-refractivity contribution in [1.29, 1.82) is 0 Å². The molecule has 0 spiro atoms. The first-order valence-electron chi connectivity index (χ1n) is 9.94. The molecule has 30 heavy (non-hydrogen) atoms. The van der Waals surface area contributed by atoms with Crippen LogP contribution in [0.4, 0.5) is 10.7 Å². The van der Waals surface area contributed by atoms with Crippen molar-refractivity contribution >= 4 is 43.9 Å². The molecule has 1 amide bonds. The number of ether oxygens (including phenoxy) is 1. The van der Waals surface area contributed by atoms with Crippen LogP contribution in [0.1, 0.15) is 56.0 Å². The predicted molar refractivity (Wildman–Crippen MR) is 117 cm³/mol. The van der Waals surface area contributed by atoms with E-state index in [4.69, 9.17) is 4.74 Å². The molecule has 0 unspecified atom stereocenters. The summed E-state index contributed by atoms with van der Waals surface area (Å²) in [5, 5.41) is 3.42. The highest BCUT2D eigenvalue weighted by molar-refractivity contribution is 7.92. The molecular weight excluding hydrogens is 424 g/mol. The van der Waals surface area contributed by atoms with Gasteiger partial charge in [-0.1, -0.05) is 6.42 Å². The van der Waals surface area contributed by atoms with E-state index in [1.807, 2.05) is 0 Å². The van der Waals surface area contributed by atoms with Gasteiger partial charge in [0.15, 0.2) is 0 Å². The lowest BCUT2D eigenvalue weighted by Crippen LogP contribution is -2.27. The van der Waals surface area contributed by atoms with E-state index in [9.17, 15) is 18.0 Å². The van der Waals surface area contributed by atoms with Crippen molar-refractivity contribution in [2.75, 3.05) is 29.5 Å². The summed E-state index contributed by atoms with van der Waals surface area (Å²) >= 11 is 1.45. The number of rotatable bonds is 4. The number of carbonyl (C=O) groups excluding carboxylic acids is 2. The first kappa shape index (κ1) is 20.9. The summed E-state index contributed by atoms with van der Waals surface area (Å²) in [7, 11) is -1.99. The topological polar surface area (TPSA) is 92.8 Å². The summed E-state index contributed by atoms with van der Waals surface area (Å²) in [4.78, 5) is 26.5. The minimum atomic E-state index is -3.34. The van der Waals surface area contributed by atoms with Gasteiger partial charge in [-0.05, 0) is 61.4 Å². The first-order valence-corrected chi connectivity index (χ1v) is 12.6. The van der Waals surface area contributed by atoms with Gasteiger partial charge in [-0.3, -0.25) is 9.10 Å². The molecule has 1 aliphatic carbocycles. The van der Waals surface area contributed by atoms with Gasteiger partial charge in [-0.2, -0.15) is 0 Å². The van der Waals surface area contributed by atoms with Crippen LogP contribution in [0.3, 0.4) is 0 Å². The third-order valence-corrected chi connectivity index (χ3v) is 8.02. The number of fused-ring (bicyclic) bond motifs is 2. The van der Waals surface area contributed by atoms with E-state index in [0.717, 1.165) is 48.1 Å². The molecule has 7 nitrogen and oxygen atoms in total. The monoisotopic (exact) mass is 448 g/mol. The lowest BCUT2D eigenvalue weighted by Gasteiger charge is -2.16. The third kappa shape index (κ3) is 3.83. The number of carbonyl (C=O) groups is 2. The quantitative estimate of drug-likeness (QED) is 0.572. The summed E-state index contributed by atoms with van der Waals surface area (Å²) in [6.07, 6.45) is 6.67. The zero-order chi connectivity index (χ0) is 21.5. The van der Waals surface area contributed by atoms with Gasteiger partial charge in [-0.25, -0.2) is 13.2 Å². The number of aryl methyl sites for hydroxylation is 1. The fraction of sp³-hybridized carbons (Fsp3) is 0.429. The van der Waals surface area contributed by atoms with Crippen LogP contribution in [0.5, 0.6) is 0 Å². The van der Waals surface area contributed by atoms with E-state index < -0.39 is 16.0 Å². The molecule has 1 aromatic carbocycles. The van der Waals surface area contributed by atoms with E-state index in [2.05, 4.69) is 5.32 Å². The van der Waals surface area contributed by atoms with Gasteiger partial charge in [0.25, 0.3) is 5.91 Å². The molecular formula is C21H24N2O5S2. The van der Waals surface area contributed by atoms with Crippen molar-refractivity contribution in [2.45, 2.75) is 38.5 Å². The molecule has 0 saturated heterocycles. The van der Waals surface area contributed by atoms with Crippen molar-refractivity contribution in [1.82, 2.24) is 0 Å². The van der Waals surface area contributed by atoms with Gasteiger partial charge in [0.2, 0.25) is 10.0 Å². The van der Waals surface area contributed by atoms with Crippen molar-refractivity contribution in [3.05, 3.63) is 45.3 Å². The first-order chi connectivity index (χ1) is 14.3. The molecule has 0 radical (unpaired) electrons. The van der Waals surface area contributed by atoms with Gasteiger partial charge in [0.05, 0.1) is 24.6 Å². The molecule has 1 aliphatic heterocycles. The van der Waals surface area contributed by atoms with Gasteiger partial charge >= 0.3 is 5.97 Å². The molecule has 0 saturated carbocycles. The normalized spacial score (nSPS) is 15.9. The highest BCUT2D eigenvalue weighted by Gasteiger charge is 2.29. The summed E-state index contributed by atoms with van der Waals surface area (Å²) in [5.74, 6) is -0.750. The zero-order valence-corrected chi connectivity index (χ0v) is 18.6. The zero-order valence-electron chi connectivity index (χ0n) is 17.0. The van der Waals surface area contributed by atoms with E-state index in [1.165, 1.54) is 29.0 Å². The van der Waals surface area contributed by atoms with Crippen molar-refractivity contribution in [2.24, 2.45) is 0 Å². The number of methoxy groups -OCH3 is 1. The molecule has 2 heterocycles. The standard InChI is InChI=1S/C21H24N2O5S2/c1-28-21(25)18-15-6-4-3-5-7-17(15)29-20(18)22-19(24)14-8-9-16-13(12-14)10-11-23(16)30(2,26)27/h8-9,12H,3-7,10-11H2,1-2H3,(H,22,24). The van der Waals surface area contributed by atoms with Crippen LogP contribution >= 0.6 is 11.3 Å². The maximum Gasteiger partial charge on any atom is 0.341 e. The van der Waals surface area contributed by atoms with Crippen LogP contribution in [0.15, 0.2) is 18.2 Å². The second-order valence-corrected chi connectivity index (χ2v) is 10.7. The van der Waals surface area contributed by atoms with Crippen LogP contribution in [0.2, 0.25) is 0 Å². The second kappa shape index (κ2) is 8.03. The SMILES string of the molecule is COC(=O)c1c(NC(=O)c2ccc3c(c2)CCN3S(C)(=O)=O)sc2c1CCCCC2. The van der Waals surface area contributed by atoms with E-state index >= 15 is 0 Å². The minimum Gasteiger partial charge on any atom is -0.465 e. The van der Waals surface area contributed by atoms with Gasteiger partial charge in [-0.15, -0.1) is 11.3 Å². The number of esters is 1. The van der Waals surface area contributed by atoms with Gasteiger partial charge < -0.3 is 10.1 Å². The third-order valence-electron chi connectivity index (χ3n) is 5.63. The van der Waals surface area contributed by atoms with E-state index in [0.29, 0.717) is 34.8 Å². The van der Waals surface area contributed by atoms with Crippen LogP contribution in [-0.4, -0.2) is 40.2 Å². The molecule has 0 atom stereocenters. The predicted octanol–water partition coefficient (Wildman–Crippen LogP) is 3.38. The Kier molecular flexibility index (Phi) is 5.59. The Hall–Kier alpha value is -2.39. The molecule has 1 aromatic heterocycles. The molecule has 2 aliphatic rings. The number of amides is 1. The fourth-order valence-corrected chi connectivity index (χ4v) is 6.41. The summed E-state index contributed by atoms with van der Waals surface area (Å²) in [5.41, 5.74) is 3.34. The maximum absolute atomic E-state index is 12.9. The largest absolute Gasteiger partial charge is 0.465 e. The highest BCUT2D eigenvalue weighted by Crippen LogP contribution is 2.38. The van der Waals surface area contributed by atoms with Crippen molar-refractivity contribution in [3.8, 4) is 0 Å². The van der Waals surface area contributed by atoms with Crippen molar-refractivity contribution < 1.29 is 22.7 Å². The summed E-state index contributed by atoms with van der Waals surface area (Å²) < 4.78 is 30.2. The number of nitrogens with zero attached hydrogens (tertiary/aromatic N) is 1. The fourth-order valence-electron chi connectivity index (χ4n) is 4.18. The lowest BCUT2D eigenvalue weighted by molar-refractivity contribution is 0.0601. The van der Waals surface area contributed by atoms with Gasteiger partial charge in [0, 0.05) is 17.0 Å². The number of thiophene rings is 1. The Labute approximate surface area is 180 Å².